The van der Waals surface area contributed by atoms with E-state index in [4.69, 9.17) is 21.1 Å². The maximum absolute atomic E-state index is 6.07. The highest BCUT2D eigenvalue weighted by atomic mass is 35.5. The number of rotatable bonds is 7. The van der Waals surface area contributed by atoms with Crippen LogP contribution in [0.25, 0.3) is 0 Å². The van der Waals surface area contributed by atoms with Crippen LogP contribution in [0.4, 0.5) is 0 Å². The van der Waals surface area contributed by atoms with Gasteiger partial charge in [0.05, 0.1) is 17.2 Å². The second-order valence-corrected chi connectivity index (χ2v) is 5.61. The van der Waals surface area contributed by atoms with Gasteiger partial charge in [-0.25, -0.2) is 4.98 Å². The molecule has 19 heavy (non-hydrogen) atoms. The summed E-state index contributed by atoms with van der Waals surface area (Å²) in [6.45, 7) is 10.7. The first-order valence-corrected chi connectivity index (χ1v) is 6.92. The third kappa shape index (κ3) is 6.76. The molecule has 5 heteroatoms. The summed E-state index contributed by atoms with van der Waals surface area (Å²) in [6.07, 6.45) is 1.62. The summed E-state index contributed by atoms with van der Waals surface area (Å²) in [5.74, 6) is 0.579. The zero-order chi connectivity index (χ0) is 14.3. The molecule has 0 atom stereocenters. The van der Waals surface area contributed by atoms with Gasteiger partial charge in [0.1, 0.15) is 6.61 Å². The first-order valence-electron chi connectivity index (χ1n) is 6.54. The van der Waals surface area contributed by atoms with Crippen molar-refractivity contribution in [2.75, 3.05) is 19.8 Å². The van der Waals surface area contributed by atoms with E-state index in [9.17, 15) is 0 Å². The summed E-state index contributed by atoms with van der Waals surface area (Å²) < 4.78 is 11.1. The normalized spacial score (nSPS) is 11.6. The molecule has 0 aliphatic heterocycles. The topological polar surface area (TPSA) is 43.4 Å². The van der Waals surface area contributed by atoms with E-state index in [1.54, 1.807) is 6.20 Å². The minimum atomic E-state index is -0.146. The third-order valence-electron chi connectivity index (χ3n) is 2.34. The Bertz CT molecular complexity index is 392. The molecule has 0 bridgehead atoms. The van der Waals surface area contributed by atoms with E-state index in [-0.39, 0.29) is 5.60 Å². The zero-order valence-corrected chi connectivity index (χ0v) is 12.9. The first-order chi connectivity index (χ1) is 8.92. The Morgan fingerprint density at radius 2 is 2.05 bits per heavy atom. The van der Waals surface area contributed by atoms with Crippen LogP contribution in [0.3, 0.4) is 0 Å². The SMILES string of the molecule is CCNCc1cc(OCCOC(C)(C)C)ncc1Cl. The number of pyridine rings is 1. The van der Waals surface area contributed by atoms with E-state index >= 15 is 0 Å². The highest BCUT2D eigenvalue weighted by Crippen LogP contribution is 2.19. The second-order valence-electron chi connectivity index (χ2n) is 5.20. The van der Waals surface area contributed by atoms with Gasteiger partial charge in [0.2, 0.25) is 5.88 Å². The molecule has 0 spiro atoms. The average molecular weight is 287 g/mol. The van der Waals surface area contributed by atoms with Crippen LogP contribution in [0.2, 0.25) is 5.02 Å². The molecule has 0 aliphatic rings. The average Bonchev–Trinajstić information content (AvgIpc) is 2.33. The van der Waals surface area contributed by atoms with Crippen LogP contribution in [-0.4, -0.2) is 30.3 Å². The van der Waals surface area contributed by atoms with Crippen molar-refractivity contribution in [2.24, 2.45) is 0 Å². The van der Waals surface area contributed by atoms with Crippen molar-refractivity contribution in [3.63, 3.8) is 0 Å². The third-order valence-corrected chi connectivity index (χ3v) is 2.68. The van der Waals surface area contributed by atoms with Gasteiger partial charge < -0.3 is 14.8 Å². The van der Waals surface area contributed by atoms with Crippen molar-refractivity contribution >= 4 is 11.6 Å². The molecule has 0 radical (unpaired) electrons. The van der Waals surface area contributed by atoms with Crippen LogP contribution in [-0.2, 0) is 11.3 Å². The number of nitrogens with zero attached hydrogens (tertiary/aromatic N) is 1. The van der Waals surface area contributed by atoms with Crippen molar-refractivity contribution in [2.45, 2.75) is 39.8 Å². The Labute approximate surface area is 120 Å². The monoisotopic (exact) mass is 286 g/mol. The van der Waals surface area contributed by atoms with Crippen molar-refractivity contribution in [3.8, 4) is 5.88 Å². The van der Waals surface area contributed by atoms with Crippen LogP contribution in [0.15, 0.2) is 12.3 Å². The van der Waals surface area contributed by atoms with E-state index in [1.165, 1.54) is 0 Å². The predicted molar refractivity (Wildman–Crippen MR) is 77.8 cm³/mol. The van der Waals surface area contributed by atoms with E-state index < -0.39 is 0 Å². The lowest BCUT2D eigenvalue weighted by atomic mass is 10.2. The maximum atomic E-state index is 6.07. The molecular formula is C14H23ClN2O2. The van der Waals surface area contributed by atoms with Gasteiger partial charge in [0.15, 0.2) is 0 Å². The molecule has 0 aliphatic carbocycles. The fraction of sp³-hybridized carbons (Fsp3) is 0.643. The smallest absolute Gasteiger partial charge is 0.213 e. The molecule has 0 saturated heterocycles. The first kappa shape index (κ1) is 16.2. The predicted octanol–water partition coefficient (Wildman–Crippen LogP) is 3.04. The molecule has 0 saturated carbocycles. The number of aromatic nitrogens is 1. The van der Waals surface area contributed by atoms with Crippen LogP contribution >= 0.6 is 11.6 Å². The molecule has 0 aromatic carbocycles. The van der Waals surface area contributed by atoms with E-state index in [1.807, 2.05) is 26.8 Å². The van der Waals surface area contributed by atoms with Crippen molar-refractivity contribution in [3.05, 3.63) is 22.8 Å². The summed E-state index contributed by atoms with van der Waals surface area (Å²) in [7, 11) is 0. The molecule has 1 N–H and O–H groups in total. The Kier molecular flexibility index (Phi) is 6.55. The van der Waals surface area contributed by atoms with Gasteiger partial charge >= 0.3 is 0 Å². The van der Waals surface area contributed by atoms with Gasteiger partial charge in [-0.1, -0.05) is 18.5 Å². The zero-order valence-electron chi connectivity index (χ0n) is 12.1. The molecule has 0 amide bonds. The lowest BCUT2D eigenvalue weighted by molar-refractivity contribution is -0.0168. The van der Waals surface area contributed by atoms with Crippen molar-refractivity contribution in [1.82, 2.24) is 10.3 Å². The molecular weight excluding hydrogens is 264 g/mol. The van der Waals surface area contributed by atoms with Gasteiger partial charge in [-0.2, -0.15) is 0 Å². The summed E-state index contributed by atoms with van der Waals surface area (Å²) >= 11 is 6.07. The summed E-state index contributed by atoms with van der Waals surface area (Å²) in [6, 6.07) is 1.86. The molecule has 1 aromatic heterocycles. The van der Waals surface area contributed by atoms with Crippen molar-refractivity contribution in [1.29, 1.82) is 0 Å². The molecule has 0 fully saturated rings. The molecule has 4 nitrogen and oxygen atoms in total. The molecule has 1 rings (SSSR count). The minimum absolute atomic E-state index is 0.146. The highest BCUT2D eigenvalue weighted by molar-refractivity contribution is 6.31. The standard InChI is InChI=1S/C14H23ClN2O2/c1-5-16-9-11-8-13(17-10-12(11)15)18-6-7-19-14(2,3)4/h8,10,16H,5-7,9H2,1-4H3. The van der Waals surface area contributed by atoms with Gasteiger partial charge in [-0.3, -0.25) is 0 Å². The molecule has 1 heterocycles. The van der Waals surface area contributed by atoms with Gasteiger partial charge in [0, 0.05) is 18.8 Å². The van der Waals surface area contributed by atoms with Gasteiger partial charge in [-0.15, -0.1) is 0 Å². The van der Waals surface area contributed by atoms with E-state index in [0.29, 0.717) is 30.7 Å². The number of nitrogens with one attached hydrogen (secondary N) is 1. The largest absolute Gasteiger partial charge is 0.475 e. The lowest BCUT2D eigenvalue weighted by Gasteiger charge is -2.19. The van der Waals surface area contributed by atoms with Gasteiger partial charge in [0.25, 0.3) is 0 Å². The van der Waals surface area contributed by atoms with E-state index in [2.05, 4.69) is 17.2 Å². The highest BCUT2D eigenvalue weighted by Gasteiger charge is 2.09. The second kappa shape index (κ2) is 7.68. The number of ether oxygens (including phenoxy) is 2. The summed E-state index contributed by atoms with van der Waals surface area (Å²) in [5, 5.41) is 3.88. The van der Waals surface area contributed by atoms with Crippen LogP contribution in [0, 0.1) is 0 Å². The fourth-order valence-electron chi connectivity index (χ4n) is 1.43. The van der Waals surface area contributed by atoms with E-state index in [0.717, 1.165) is 12.1 Å². The van der Waals surface area contributed by atoms with Crippen molar-refractivity contribution < 1.29 is 9.47 Å². The van der Waals surface area contributed by atoms with Gasteiger partial charge in [-0.05, 0) is 32.9 Å². The van der Waals surface area contributed by atoms with Crippen LogP contribution < -0.4 is 10.1 Å². The minimum Gasteiger partial charge on any atom is -0.475 e. The number of hydrogen-bond acceptors (Lipinski definition) is 4. The maximum Gasteiger partial charge on any atom is 0.213 e. The Balaban J connectivity index is 2.45. The Morgan fingerprint density at radius 3 is 2.68 bits per heavy atom. The quantitative estimate of drug-likeness (QED) is 0.783. The Hall–Kier alpha value is -0.840. The number of hydrogen-bond donors (Lipinski definition) is 1. The Morgan fingerprint density at radius 1 is 1.32 bits per heavy atom. The fourth-order valence-corrected chi connectivity index (χ4v) is 1.60. The summed E-state index contributed by atoms with van der Waals surface area (Å²) in [4.78, 5) is 4.14. The molecule has 108 valence electrons. The summed E-state index contributed by atoms with van der Waals surface area (Å²) in [5.41, 5.74) is 0.845. The van der Waals surface area contributed by atoms with Crippen LogP contribution in [0.5, 0.6) is 5.88 Å². The molecule has 0 unspecified atom stereocenters. The van der Waals surface area contributed by atoms with Crippen LogP contribution in [0.1, 0.15) is 33.3 Å². The molecule has 1 aromatic rings. The number of halogens is 1. The lowest BCUT2D eigenvalue weighted by Crippen LogP contribution is -2.22.